The van der Waals surface area contributed by atoms with Gasteiger partial charge in [0.05, 0.1) is 19.8 Å². The van der Waals surface area contributed by atoms with Crippen molar-refractivity contribution in [1.29, 1.82) is 0 Å². The van der Waals surface area contributed by atoms with Crippen LogP contribution < -0.4 is 10.1 Å². The molecule has 1 aromatic rings. The molecule has 1 aromatic carbocycles. The summed E-state index contributed by atoms with van der Waals surface area (Å²) in [6.45, 7) is 2.83. The Morgan fingerprint density at radius 1 is 1.31 bits per heavy atom. The fourth-order valence-electron chi connectivity index (χ4n) is 1.94. The SMILES string of the molecule is COc1cccc(COC2CCNCC2)c1. The molecule has 0 spiro atoms. The maximum absolute atomic E-state index is 5.87. The summed E-state index contributed by atoms with van der Waals surface area (Å²) < 4.78 is 11.1. The lowest BCUT2D eigenvalue weighted by atomic mass is 10.1. The number of piperidine rings is 1. The predicted octanol–water partition coefficient (Wildman–Crippen LogP) is 1.96. The van der Waals surface area contributed by atoms with Crippen molar-refractivity contribution in [2.75, 3.05) is 20.2 Å². The number of nitrogens with one attached hydrogen (secondary N) is 1. The number of hydrogen-bond acceptors (Lipinski definition) is 3. The van der Waals surface area contributed by atoms with Crippen molar-refractivity contribution in [3.63, 3.8) is 0 Å². The van der Waals surface area contributed by atoms with Crippen molar-refractivity contribution in [2.24, 2.45) is 0 Å². The monoisotopic (exact) mass is 221 g/mol. The van der Waals surface area contributed by atoms with Gasteiger partial charge >= 0.3 is 0 Å². The molecule has 1 aliphatic heterocycles. The summed E-state index contributed by atoms with van der Waals surface area (Å²) in [5.74, 6) is 0.895. The Hall–Kier alpha value is -1.06. The molecular formula is C13H19NO2. The molecule has 1 heterocycles. The molecule has 1 N–H and O–H groups in total. The molecule has 0 aliphatic carbocycles. The predicted molar refractivity (Wildman–Crippen MR) is 63.7 cm³/mol. The number of rotatable bonds is 4. The van der Waals surface area contributed by atoms with E-state index in [0.717, 1.165) is 31.7 Å². The van der Waals surface area contributed by atoms with Crippen LogP contribution in [-0.4, -0.2) is 26.3 Å². The molecule has 0 aromatic heterocycles. The summed E-state index contributed by atoms with van der Waals surface area (Å²) in [4.78, 5) is 0. The highest BCUT2D eigenvalue weighted by Gasteiger charge is 2.12. The van der Waals surface area contributed by atoms with Crippen molar-refractivity contribution < 1.29 is 9.47 Å². The Morgan fingerprint density at radius 3 is 2.88 bits per heavy atom. The number of benzene rings is 1. The van der Waals surface area contributed by atoms with Gasteiger partial charge in [-0.05, 0) is 43.6 Å². The van der Waals surface area contributed by atoms with E-state index in [1.807, 2.05) is 18.2 Å². The maximum Gasteiger partial charge on any atom is 0.119 e. The lowest BCUT2D eigenvalue weighted by molar-refractivity contribution is 0.0211. The van der Waals surface area contributed by atoms with E-state index in [9.17, 15) is 0 Å². The summed E-state index contributed by atoms with van der Waals surface area (Å²) in [6.07, 6.45) is 2.64. The van der Waals surface area contributed by atoms with Gasteiger partial charge in [0.25, 0.3) is 0 Å². The first-order valence-electron chi connectivity index (χ1n) is 5.84. The molecule has 1 fully saturated rings. The molecule has 3 heteroatoms. The summed E-state index contributed by atoms with van der Waals surface area (Å²) in [6, 6.07) is 8.05. The second-order valence-corrected chi connectivity index (χ2v) is 4.11. The molecule has 0 bridgehead atoms. The molecular weight excluding hydrogens is 202 g/mol. The highest BCUT2D eigenvalue weighted by molar-refractivity contribution is 5.27. The van der Waals surface area contributed by atoms with Gasteiger partial charge in [-0.3, -0.25) is 0 Å². The van der Waals surface area contributed by atoms with Crippen LogP contribution in [0.3, 0.4) is 0 Å². The summed E-state index contributed by atoms with van der Waals surface area (Å²) >= 11 is 0. The normalized spacial score (nSPS) is 17.3. The number of methoxy groups -OCH3 is 1. The zero-order valence-corrected chi connectivity index (χ0v) is 9.74. The fraction of sp³-hybridized carbons (Fsp3) is 0.538. The van der Waals surface area contributed by atoms with Gasteiger partial charge in [-0.15, -0.1) is 0 Å². The van der Waals surface area contributed by atoms with Crippen LogP contribution in [0.2, 0.25) is 0 Å². The van der Waals surface area contributed by atoms with Gasteiger partial charge in [-0.25, -0.2) is 0 Å². The van der Waals surface area contributed by atoms with Crippen LogP contribution in [0.5, 0.6) is 5.75 Å². The zero-order valence-electron chi connectivity index (χ0n) is 9.74. The smallest absolute Gasteiger partial charge is 0.119 e. The third kappa shape index (κ3) is 3.22. The van der Waals surface area contributed by atoms with Gasteiger partial charge < -0.3 is 14.8 Å². The molecule has 16 heavy (non-hydrogen) atoms. The van der Waals surface area contributed by atoms with E-state index in [2.05, 4.69) is 11.4 Å². The topological polar surface area (TPSA) is 30.5 Å². The van der Waals surface area contributed by atoms with E-state index in [1.54, 1.807) is 7.11 Å². The molecule has 2 rings (SSSR count). The van der Waals surface area contributed by atoms with E-state index >= 15 is 0 Å². The van der Waals surface area contributed by atoms with Gasteiger partial charge in [0, 0.05) is 0 Å². The molecule has 0 unspecified atom stereocenters. The van der Waals surface area contributed by atoms with Gasteiger partial charge in [-0.1, -0.05) is 12.1 Å². The van der Waals surface area contributed by atoms with E-state index in [-0.39, 0.29) is 0 Å². The van der Waals surface area contributed by atoms with Crippen LogP contribution in [0.25, 0.3) is 0 Å². The Labute approximate surface area is 96.8 Å². The molecule has 1 saturated heterocycles. The van der Waals surface area contributed by atoms with Gasteiger partial charge in [0.1, 0.15) is 5.75 Å². The van der Waals surface area contributed by atoms with Crippen molar-refractivity contribution >= 4 is 0 Å². The van der Waals surface area contributed by atoms with Gasteiger partial charge in [0.2, 0.25) is 0 Å². The Balaban J connectivity index is 1.83. The van der Waals surface area contributed by atoms with Crippen LogP contribution in [0.4, 0.5) is 0 Å². The van der Waals surface area contributed by atoms with Crippen molar-refractivity contribution in [1.82, 2.24) is 5.32 Å². The minimum atomic E-state index is 0.410. The standard InChI is InChI=1S/C13H19NO2/c1-15-13-4-2-3-11(9-13)10-16-12-5-7-14-8-6-12/h2-4,9,12,14H,5-8,10H2,1H3. The van der Waals surface area contributed by atoms with Crippen LogP contribution in [0.15, 0.2) is 24.3 Å². The van der Waals surface area contributed by atoms with Crippen molar-refractivity contribution in [3.8, 4) is 5.75 Å². The van der Waals surface area contributed by atoms with Crippen molar-refractivity contribution in [2.45, 2.75) is 25.6 Å². The summed E-state index contributed by atoms with van der Waals surface area (Å²) in [5.41, 5.74) is 1.18. The Kier molecular flexibility index (Phi) is 4.19. The third-order valence-corrected chi connectivity index (χ3v) is 2.91. The van der Waals surface area contributed by atoms with Crippen LogP contribution in [0, 0.1) is 0 Å². The molecule has 1 aliphatic rings. The lowest BCUT2D eigenvalue weighted by Gasteiger charge is -2.23. The first kappa shape index (κ1) is 11.4. The lowest BCUT2D eigenvalue weighted by Crippen LogP contribution is -2.32. The van der Waals surface area contributed by atoms with Gasteiger partial charge in [0.15, 0.2) is 0 Å². The van der Waals surface area contributed by atoms with E-state index in [4.69, 9.17) is 9.47 Å². The first-order chi connectivity index (χ1) is 7.88. The van der Waals surface area contributed by atoms with Gasteiger partial charge in [-0.2, -0.15) is 0 Å². The highest BCUT2D eigenvalue weighted by atomic mass is 16.5. The average Bonchev–Trinajstić information content (AvgIpc) is 2.38. The van der Waals surface area contributed by atoms with Crippen LogP contribution in [-0.2, 0) is 11.3 Å². The average molecular weight is 221 g/mol. The number of hydrogen-bond donors (Lipinski definition) is 1. The quantitative estimate of drug-likeness (QED) is 0.843. The molecule has 0 saturated carbocycles. The fourth-order valence-corrected chi connectivity index (χ4v) is 1.94. The summed E-state index contributed by atoms with van der Waals surface area (Å²) in [7, 11) is 1.69. The van der Waals surface area contributed by atoms with E-state index in [1.165, 1.54) is 5.56 Å². The molecule has 3 nitrogen and oxygen atoms in total. The van der Waals surface area contributed by atoms with Crippen LogP contribution in [0.1, 0.15) is 18.4 Å². The molecule has 0 radical (unpaired) electrons. The Bertz CT molecular complexity index is 321. The zero-order chi connectivity index (χ0) is 11.2. The molecule has 0 amide bonds. The highest BCUT2D eigenvalue weighted by Crippen LogP contribution is 2.15. The maximum atomic E-state index is 5.87. The van der Waals surface area contributed by atoms with Crippen molar-refractivity contribution in [3.05, 3.63) is 29.8 Å². The van der Waals surface area contributed by atoms with E-state index in [0.29, 0.717) is 12.7 Å². The third-order valence-electron chi connectivity index (χ3n) is 2.91. The minimum Gasteiger partial charge on any atom is -0.497 e. The summed E-state index contributed by atoms with van der Waals surface area (Å²) in [5, 5.41) is 3.33. The van der Waals surface area contributed by atoms with E-state index < -0.39 is 0 Å². The second-order valence-electron chi connectivity index (χ2n) is 4.11. The minimum absolute atomic E-state index is 0.410. The first-order valence-corrected chi connectivity index (χ1v) is 5.84. The largest absolute Gasteiger partial charge is 0.497 e. The Morgan fingerprint density at radius 2 is 2.12 bits per heavy atom. The second kappa shape index (κ2) is 5.87. The number of ether oxygens (including phenoxy) is 2. The molecule has 88 valence electrons. The molecule has 0 atom stereocenters. The van der Waals surface area contributed by atoms with Crippen LogP contribution >= 0.6 is 0 Å².